The minimum atomic E-state index is -5.08. The molecule has 8 nitrogen and oxygen atoms in total. The van der Waals surface area contributed by atoms with E-state index in [1.807, 2.05) is 6.92 Å². The quantitative estimate of drug-likeness (QED) is 0.774. The Hall–Kier alpha value is -2.59. The van der Waals surface area contributed by atoms with Crippen LogP contribution in [0.1, 0.15) is 36.9 Å². The summed E-state index contributed by atoms with van der Waals surface area (Å²) in [6, 6.07) is 0. The molecule has 0 radical (unpaired) electrons. The summed E-state index contributed by atoms with van der Waals surface area (Å²) in [5.41, 5.74) is 7.62. The number of primary amides is 1. The third kappa shape index (κ3) is 5.94. The highest BCUT2D eigenvalue weighted by Gasteiger charge is 2.38. The molecule has 162 valence electrons. The molecule has 3 N–H and O–H groups in total. The van der Waals surface area contributed by atoms with Gasteiger partial charge < -0.3 is 20.6 Å². The van der Waals surface area contributed by atoms with E-state index in [4.69, 9.17) is 20.6 Å². The molecule has 1 atom stereocenters. The number of aryl methyl sites for hydroxylation is 1. The number of hydrogen-bond donors (Lipinski definition) is 2. The third-order valence-corrected chi connectivity index (χ3v) is 5.11. The van der Waals surface area contributed by atoms with Crippen LogP contribution >= 0.6 is 0 Å². The predicted octanol–water partition coefficient (Wildman–Crippen LogP) is 2.03. The van der Waals surface area contributed by atoms with Crippen molar-refractivity contribution in [1.29, 1.82) is 0 Å². The number of carboxylic acid groups (broad SMARTS) is 1. The average Bonchev–Trinajstić information content (AvgIpc) is 3.18. The first kappa shape index (κ1) is 22.7. The lowest BCUT2D eigenvalue weighted by atomic mass is 9.97. The number of aromatic nitrogens is 2. The molecule has 1 aromatic heterocycles. The fourth-order valence-electron chi connectivity index (χ4n) is 3.37. The van der Waals surface area contributed by atoms with Crippen molar-refractivity contribution < 1.29 is 27.9 Å². The van der Waals surface area contributed by atoms with Crippen LogP contribution in [0.4, 0.5) is 24.9 Å². The zero-order valence-corrected chi connectivity index (χ0v) is 16.5. The maximum Gasteiger partial charge on any atom is 0.490 e. The molecule has 2 aliphatic heterocycles. The molecule has 11 heteroatoms. The van der Waals surface area contributed by atoms with Crippen LogP contribution in [-0.2, 0) is 9.59 Å². The van der Waals surface area contributed by atoms with Crippen LogP contribution < -0.4 is 15.5 Å². The Morgan fingerprint density at radius 3 is 2.14 bits per heavy atom. The Bertz CT molecular complexity index is 751. The number of hydrogen-bond acceptors (Lipinski definition) is 6. The van der Waals surface area contributed by atoms with E-state index in [2.05, 4.69) is 21.7 Å². The maximum absolute atomic E-state index is 11.5. The number of carboxylic acids is 1. The Balaban J connectivity index is 0.000000370. The van der Waals surface area contributed by atoms with Crippen molar-refractivity contribution in [3.05, 3.63) is 11.3 Å². The van der Waals surface area contributed by atoms with Gasteiger partial charge in [0.25, 0.3) is 0 Å². The molecule has 2 aliphatic rings. The largest absolute Gasteiger partial charge is 0.490 e. The normalized spacial score (nSPS) is 19.6. The zero-order valence-electron chi connectivity index (χ0n) is 16.5. The minimum Gasteiger partial charge on any atom is -0.475 e. The van der Waals surface area contributed by atoms with Crippen molar-refractivity contribution in [3.63, 3.8) is 0 Å². The smallest absolute Gasteiger partial charge is 0.475 e. The van der Waals surface area contributed by atoms with Crippen molar-refractivity contribution in [2.45, 2.75) is 45.7 Å². The van der Waals surface area contributed by atoms with Gasteiger partial charge in [-0.3, -0.25) is 4.79 Å². The molecule has 0 aromatic carbocycles. The van der Waals surface area contributed by atoms with Gasteiger partial charge in [-0.2, -0.15) is 18.2 Å². The lowest BCUT2D eigenvalue weighted by Crippen LogP contribution is -2.42. The first-order valence-electron chi connectivity index (χ1n) is 9.45. The van der Waals surface area contributed by atoms with Crippen LogP contribution in [0.5, 0.6) is 0 Å². The monoisotopic (exact) mass is 417 g/mol. The van der Waals surface area contributed by atoms with Crippen molar-refractivity contribution >= 4 is 23.6 Å². The maximum atomic E-state index is 11.5. The van der Waals surface area contributed by atoms with Gasteiger partial charge in [0.15, 0.2) is 0 Å². The van der Waals surface area contributed by atoms with Gasteiger partial charge in [0.05, 0.1) is 5.92 Å². The highest BCUT2D eigenvalue weighted by atomic mass is 19.4. The molecule has 1 amide bonds. The van der Waals surface area contributed by atoms with E-state index in [1.54, 1.807) is 0 Å². The van der Waals surface area contributed by atoms with E-state index in [-0.39, 0.29) is 11.8 Å². The number of anilines is 2. The van der Waals surface area contributed by atoms with Crippen molar-refractivity contribution in [2.24, 2.45) is 11.7 Å². The SMILES string of the molecule is Cc1nc(N2CCCC2)nc(N2CCCC(C(N)=O)C2)c1C.O=C(O)C(F)(F)F. The Kier molecular flexibility index (Phi) is 7.26. The molecular weight excluding hydrogens is 391 g/mol. The highest BCUT2D eigenvalue weighted by molar-refractivity contribution is 5.77. The summed E-state index contributed by atoms with van der Waals surface area (Å²) in [7, 11) is 0. The second-order valence-electron chi connectivity index (χ2n) is 7.24. The van der Waals surface area contributed by atoms with Crippen LogP contribution in [0.3, 0.4) is 0 Å². The molecule has 29 heavy (non-hydrogen) atoms. The fourth-order valence-corrected chi connectivity index (χ4v) is 3.37. The summed E-state index contributed by atoms with van der Waals surface area (Å²) in [6.07, 6.45) is -0.804. The van der Waals surface area contributed by atoms with Gasteiger partial charge >= 0.3 is 12.1 Å². The van der Waals surface area contributed by atoms with Crippen LogP contribution in [0, 0.1) is 19.8 Å². The van der Waals surface area contributed by atoms with E-state index < -0.39 is 12.1 Å². The molecule has 3 heterocycles. The molecule has 1 unspecified atom stereocenters. The molecule has 0 aliphatic carbocycles. The van der Waals surface area contributed by atoms with Crippen molar-refractivity contribution in [1.82, 2.24) is 9.97 Å². The number of aliphatic carboxylic acids is 1. The fraction of sp³-hybridized carbons (Fsp3) is 0.667. The van der Waals surface area contributed by atoms with Crippen LogP contribution in [0.15, 0.2) is 0 Å². The average molecular weight is 417 g/mol. The minimum absolute atomic E-state index is 0.0707. The number of piperidine rings is 1. The number of nitrogens with zero attached hydrogens (tertiary/aromatic N) is 4. The van der Waals surface area contributed by atoms with E-state index in [0.29, 0.717) is 6.54 Å². The van der Waals surface area contributed by atoms with Gasteiger partial charge in [-0.05, 0) is 39.5 Å². The van der Waals surface area contributed by atoms with Gasteiger partial charge in [-0.15, -0.1) is 0 Å². The van der Waals surface area contributed by atoms with Crippen LogP contribution in [0.2, 0.25) is 0 Å². The number of rotatable bonds is 3. The van der Waals surface area contributed by atoms with Crippen molar-refractivity contribution in [3.8, 4) is 0 Å². The van der Waals surface area contributed by atoms with Crippen molar-refractivity contribution in [2.75, 3.05) is 36.0 Å². The number of amides is 1. The van der Waals surface area contributed by atoms with Gasteiger partial charge in [0.1, 0.15) is 5.82 Å². The topological polar surface area (TPSA) is 113 Å². The first-order valence-corrected chi connectivity index (χ1v) is 9.45. The highest BCUT2D eigenvalue weighted by Crippen LogP contribution is 2.28. The van der Waals surface area contributed by atoms with Crippen LogP contribution in [-0.4, -0.2) is 59.3 Å². The Labute approximate surface area is 166 Å². The number of alkyl halides is 3. The Morgan fingerprint density at radius 1 is 1.07 bits per heavy atom. The van der Waals surface area contributed by atoms with E-state index >= 15 is 0 Å². The van der Waals surface area contributed by atoms with Gasteiger partial charge in [0, 0.05) is 37.4 Å². The van der Waals surface area contributed by atoms with E-state index in [0.717, 1.165) is 55.5 Å². The summed E-state index contributed by atoms with van der Waals surface area (Å²) in [5, 5.41) is 7.12. The second kappa shape index (κ2) is 9.27. The molecule has 1 aromatic rings. The lowest BCUT2D eigenvalue weighted by molar-refractivity contribution is -0.192. The summed E-state index contributed by atoms with van der Waals surface area (Å²) in [6.45, 7) is 7.77. The molecule has 2 saturated heterocycles. The molecule has 0 spiro atoms. The molecule has 2 fully saturated rings. The summed E-state index contributed by atoms with van der Waals surface area (Å²) in [4.78, 5) is 34.4. The van der Waals surface area contributed by atoms with Gasteiger partial charge in [0.2, 0.25) is 11.9 Å². The van der Waals surface area contributed by atoms with Gasteiger partial charge in [-0.1, -0.05) is 0 Å². The molecule has 3 rings (SSSR count). The number of carbonyl (C=O) groups excluding carboxylic acids is 1. The predicted molar refractivity (Wildman–Crippen MR) is 101 cm³/mol. The first-order chi connectivity index (χ1) is 13.5. The summed E-state index contributed by atoms with van der Waals surface area (Å²) < 4.78 is 31.7. The molecule has 0 bridgehead atoms. The standard InChI is InChI=1S/C16H25N5O.C2HF3O2/c1-11-12(2)18-16(20-7-3-4-8-20)19-15(11)21-9-5-6-13(10-21)14(17)22;3-2(4,5)1(6)7/h13H,3-10H2,1-2H3,(H2,17,22);(H,6,7). The molecule has 0 saturated carbocycles. The van der Waals surface area contributed by atoms with E-state index in [9.17, 15) is 18.0 Å². The van der Waals surface area contributed by atoms with Crippen LogP contribution in [0.25, 0.3) is 0 Å². The molecular formula is C18H26F3N5O3. The summed E-state index contributed by atoms with van der Waals surface area (Å²) in [5.74, 6) is -1.23. The number of halogens is 3. The lowest BCUT2D eigenvalue weighted by Gasteiger charge is -2.33. The van der Waals surface area contributed by atoms with Gasteiger partial charge in [-0.25, -0.2) is 9.78 Å². The number of nitrogens with two attached hydrogens (primary N) is 1. The third-order valence-electron chi connectivity index (χ3n) is 5.11. The second-order valence-corrected chi connectivity index (χ2v) is 7.24. The summed E-state index contributed by atoms with van der Waals surface area (Å²) >= 11 is 0. The number of carbonyl (C=O) groups is 2. The Morgan fingerprint density at radius 2 is 1.62 bits per heavy atom. The zero-order chi connectivity index (χ0) is 21.8. The van der Waals surface area contributed by atoms with E-state index in [1.165, 1.54) is 12.8 Å².